The van der Waals surface area contributed by atoms with E-state index < -0.39 is 0 Å². The minimum Gasteiger partial charge on any atom is -0.366 e. The number of nitriles is 1. The molecule has 0 amide bonds. The van der Waals surface area contributed by atoms with Crippen LogP contribution in [0.2, 0.25) is 0 Å². The Morgan fingerprint density at radius 2 is 2.12 bits per heavy atom. The van der Waals surface area contributed by atoms with Gasteiger partial charge in [0, 0.05) is 4.47 Å². The largest absolute Gasteiger partial charge is 0.366 e. The van der Waals surface area contributed by atoms with Gasteiger partial charge >= 0.3 is 0 Å². The molecule has 80 valence electrons. The Hall–Kier alpha value is -1.39. The predicted molar refractivity (Wildman–Crippen MR) is 65.9 cm³/mol. The van der Waals surface area contributed by atoms with Crippen molar-refractivity contribution in [1.82, 2.24) is 14.8 Å². The Morgan fingerprint density at radius 1 is 1.38 bits per heavy atom. The van der Waals surface area contributed by atoms with Gasteiger partial charge < -0.3 is 5.73 Å². The summed E-state index contributed by atoms with van der Waals surface area (Å²) in [6, 6.07) is 7.35. The van der Waals surface area contributed by atoms with E-state index in [0.717, 1.165) is 4.47 Å². The maximum absolute atomic E-state index is 8.99. The van der Waals surface area contributed by atoms with Crippen molar-refractivity contribution in [2.45, 2.75) is 0 Å². The molecule has 2 N–H and O–H groups in total. The third kappa shape index (κ3) is 1.94. The first kappa shape index (κ1) is 11.1. The third-order valence-corrected chi connectivity index (χ3v) is 2.90. The number of aromatic nitrogens is 3. The van der Waals surface area contributed by atoms with Gasteiger partial charge in [-0.1, -0.05) is 15.9 Å². The van der Waals surface area contributed by atoms with Crippen LogP contribution in [-0.2, 0) is 0 Å². The van der Waals surface area contributed by atoms with Crippen LogP contribution < -0.4 is 5.73 Å². The number of anilines is 1. The number of hydrogen-bond acceptors (Lipinski definition) is 4. The Balaban J connectivity index is 2.68. The minimum atomic E-state index is 0.149. The number of nitrogen functional groups attached to an aromatic ring is 1. The second kappa shape index (κ2) is 4.23. The van der Waals surface area contributed by atoms with Crippen LogP contribution in [-0.4, -0.2) is 14.8 Å². The van der Waals surface area contributed by atoms with Gasteiger partial charge in [0.25, 0.3) is 0 Å². The van der Waals surface area contributed by atoms with Gasteiger partial charge in [0.05, 0.1) is 11.3 Å². The van der Waals surface area contributed by atoms with Crippen LogP contribution in [0, 0.1) is 11.3 Å². The average molecular weight is 343 g/mol. The van der Waals surface area contributed by atoms with Gasteiger partial charge in [-0.3, -0.25) is 0 Å². The Kier molecular flexibility index (Phi) is 2.94. The van der Waals surface area contributed by atoms with E-state index in [0.29, 0.717) is 16.0 Å². The van der Waals surface area contributed by atoms with Crippen LogP contribution in [0.4, 0.5) is 5.95 Å². The highest BCUT2D eigenvalue weighted by molar-refractivity contribution is 9.10. The maximum atomic E-state index is 8.99. The summed E-state index contributed by atoms with van der Waals surface area (Å²) < 4.78 is 2.78. The summed E-state index contributed by atoms with van der Waals surface area (Å²) in [4.78, 5) is 3.91. The molecule has 0 aliphatic rings. The van der Waals surface area contributed by atoms with Crippen LogP contribution in [0.5, 0.6) is 0 Å². The number of rotatable bonds is 1. The number of hydrogen-bond donors (Lipinski definition) is 1. The molecular weight excluding hydrogens is 338 g/mol. The second-order valence-electron chi connectivity index (χ2n) is 2.92. The molecule has 1 aromatic heterocycles. The molecule has 0 aliphatic carbocycles. The molecule has 1 aromatic carbocycles. The summed E-state index contributed by atoms with van der Waals surface area (Å²) in [5.41, 5.74) is 6.59. The molecule has 16 heavy (non-hydrogen) atoms. The highest BCUT2D eigenvalue weighted by Crippen LogP contribution is 2.22. The molecular formula is C9H5Br2N5. The number of halogens is 2. The molecule has 0 aliphatic heterocycles. The summed E-state index contributed by atoms with van der Waals surface area (Å²) in [6.07, 6.45) is 0. The van der Waals surface area contributed by atoms with Gasteiger partial charge in [-0.2, -0.15) is 10.2 Å². The molecule has 2 rings (SSSR count). The van der Waals surface area contributed by atoms with Crippen LogP contribution >= 0.6 is 31.9 Å². The van der Waals surface area contributed by atoms with Crippen molar-refractivity contribution in [2.24, 2.45) is 0 Å². The topological polar surface area (TPSA) is 80.5 Å². The van der Waals surface area contributed by atoms with E-state index in [1.54, 1.807) is 18.2 Å². The van der Waals surface area contributed by atoms with Crippen molar-refractivity contribution in [3.63, 3.8) is 0 Å². The zero-order valence-corrected chi connectivity index (χ0v) is 11.0. The SMILES string of the molecule is N#Cc1ccc(Br)cc1-n1nc(N)nc1Br. The van der Waals surface area contributed by atoms with Crippen LogP contribution in [0.3, 0.4) is 0 Å². The van der Waals surface area contributed by atoms with Gasteiger partial charge in [-0.05, 0) is 34.1 Å². The predicted octanol–water partition coefficient (Wildman–Crippen LogP) is 2.25. The van der Waals surface area contributed by atoms with E-state index in [9.17, 15) is 0 Å². The number of nitrogens with two attached hydrogens (primary N) is 1. The summed E-state index contributed by atoms with van der Waals surface area (Å²) in [5.74, 6) is 0.149. The Labute approximate surface area is 108 Å². The molecule has 0 bridgehead atoms. The average Bonchev–Trinajstić information content (AvgIpc) is 2.57. The van der Waals surface area contributed by atoms with E-state index in [-0.39, 0.29) is 5.95 Å². The molecule has 2 aromatic rings. The van der Waals surface area contributed by atoms with Gasteiger partial charge in [-0.25, -0.2) is 4.68 Å². The molecule has 7 heteroatoms. The molecule has 0 atom stereocenters. The first-order valence-corrected chi connectivity index (χ1v) is 5.78. The number of benzene rings is 1. The van der Waals surface area contributed by atoms with E-state index in [2.05, 4.69) is 48.0 Å². The highest BCUT2D eigenvalue weighted by Gasteiger charge is 2.11. The monoisotopic (exact) mass is 341 g/mol. The fourth-order valence-corrected chi connectivity index (χ4v) is 2.04. The molecule has 0 spiro atoms. The van der Waals surface area contributed by atoms with Crippen molar-refractivity contribution in [1.29, 1.82) is 5.26 Å². The lowest BCUT2D eigenvalue weighted by Gasteiger charge is -2.04. The quantitative estimate of drug-likeness (QED) is 0.861. The molecule has 0 unspecified atom stereocenters. The highest BCUT2D eigenvalue weighted by atomic mass is 79.9. The van der Waals surface area contributed by atoms with E-state index in [1.165, 1.54) is 4.68 Å². The van der Waals surface area contributed by atoms with Crippen LogP contribution in [0.25, 0.3) is 5.69 Å². The first-order chi connectivity index (χ1) is 7.61. The van der Waals surface area contributed by atoms with Crippen molar-refractivity contribution < 1.29 is 0 Å². The third-order valence-electron chi connectivity index (χ3n) is 1.89. The van der Waals surface area contributed by atoms with Crippen molar-refractivity contribution in [3.05, 3.63) is 33.0 Å². The van der Waals surface area contributed by atoms with Crippen molar-refractivity contribution in [3.8, 4) is 11.8 Å². The van der Waals surface area contributed by atoms with E-state index >= 15 is 0 Å². The van der Waals surface area contributed by atoms with E-state index in [4.69, 9.17) is 11.0 Å². The molecule has 0 radical (unpaired) electrons. The number of nitrogens with zero attached hydrogens (tertiary/aromatic N) is 4. The van der Waals surface area contributed by atoms with E-state index in [1.807, 2.05) is 0 Å². The van der Waals surface area contributed by atoms with Gasteiger partial charge in [0.15, 0.2) is 0 Å². The first-order valence-electron chi connectivity index (χ1n) is 4.20. The Morgan fingerprint density at radius 3 is 2.69 bits per heavy atom. The second-order valence-corrected chi connectivity index (χ2v) is 4.55. The smallest absolute Gasteiger partial charge is 0.240 e. The summed E-state index contributed by atoms with van der Waals surface area (Å²) in [7, 11) is 0. The van der Waals surface area contributed by atoms with Gasteiger partial charge in [0.2, 0.25) is 10.7 Å². The van der Waals surface area contributed by atoms with Gasteiger partial charge in [0.1, 0.15) is 6.07 Å². The van der Waals surface area contributed by atoms with Crippen LogP contribution in [0.15, 0.2) is 27.4 Å². The zero-order valence-electron chi connectivity index (χ0n) is 7.85. The lowest BCUT2D eigenvalue weighted by atomic mass is 10.2. The lowest BCUT2D eigenvalue weighted by molar-refractivity contribution is 0.856. The molecule has 5 nitrogen and oxygen atoms in total. The minimum absolute atomic E-state index is 0.149. The van der Waals surface area contributed by atoms with Gasteiger partial charge in [-0.15, -0.1) is 5.10 Å². The summed E-state index contributed by atoms with van der Waals surface area (Å²) >= 11 is 6.56. The summed E-state index contributed by atoms with van der Waals surface area (Å²) in [6.45, 7) is 0. The lowest BCUT2D eigenvalue weighted by Crippen LogP contribution is -2.00. The Bertz CT molecular complexity index is 584. The fourth-order valence-electron chi connectivity index (χ4n) is 1.24. The van der Waals surface area contributed by atoms with Crippen molar-refractivity contribution in [2.75, 3.05) is 5.73 Å². The molecule has 0 saturated heterocycles. The normalized spacial score (nSPS) is 10.1. The van der Waals surface area contributed by atoms with Crippen LogP contribution in [0.1, 0.15) is 5.56 Å². The standard InChI is InChI=1S/C9H5Br2N5/c10-6-2-1-5(4-12)7(3-6)16-8(11)14-9(13)15-16/h1-3H,(H2,13,15). The molecule has 1 heterocycles. The van der Waals surface area contributed by atoms with Crippen molar-refractivity contribution >= 4 is 37.8 Å². The zero-order chi connectivity index (χ0) is 11.7. The summed E-state index contributed by atoms with van der Waals surface area (Å²) in [5, 5.41) is 13.0. The maximum Gasteiger partial charge on any atom is 0.240 e. The fraction of sp³-hybridized carbons (Fsp3) is 0. The molecule has 0 fully saturated rings. The molecule has 0 saturated carbocycles.